The first-order valence-corrected chi connectivity index (χ1v) is 22.2. The molecule has 0 saturated carbocycles. The van der Waals surface area contributed by atoms with Gasteiger partial charge in [0, 0.05) is 51.1 Å². The molecule has 8 aromatic carbocycles. The molecule has 5 heterocycles. The van der Waals surface area contributed by atoms with Gasteiger partial charge < -0.3 is 14.0 Å². The summed E-state index contributed by atoms with van der Waals surface area (Å²) in [7, 11) is 0. The number of hydrogen-bond acceptors (Lipinski definition) is 7. The molecule has 0 radical (unpaired) electrons. The van der Waals surface area contributed by atoms with Crippen LogP contribution in [-0.4, -0.2) is 20.3 Å². The zero-order valence-corrected chi connectivity index (χ0v) is 35.8. The van der Waals surface area contributed by atoms with E-state index in [2.05, 4.69) is 99.3 Å². The van der Waals surface area contributed by atoms with Crippen molar-refractivity contribution in [1.29, 1.82) is 0 Å². The van der Waals surface area contributed by atoms with Crippen LogP contribution in [0.15, 0.2) is 225 Å². The summed E-state index contributed by atoms with van der Waals surface area (Å²) in [5.74, 6) is 4.72. The largest absolute Gasteiger partial charge is 0.453 e. The van der Waals surface area contributed by atoms with E-state index in [4.69, 9.17) is 19.4 Å². The summed E-state index contributed by atoms with van der Waals surface area (Å²) < 4.78 is 14.8. The summed E-state index contributed by atoms with van der Waals surface area (Å²) in [6.07, 6.45) is 3.89. The number of hydrogen-bond donors (Lipinski definition) is 0. The number of para-hydroxylation sites is 8. The normalized spacial score (nSPS) is 12.4. The van der Waals surface area contributed by atoms with E-state index in [9.17, 15) is 4.79 Å². The maximum absolute atomic E-state index is 13.4. The van der Waals surface area contributed by atoms with Crippen molar-refractivity contribution in [3.8, 4) is 50.9 Å². The molecule has 2 aliphatic rings. The summed E-state index contributed by atoms with van der Waals surface area (Å²) in [6, 6.07) is 71.1. The van der Waals surface area contributed by atoms with Crippen LogP contribution in [-0.2, 0) is 0 Å². The molecule has 0 bridgehead atoms. The third-order valence-corrected chi connectivity index (χ3v) is 12.7. The first-order chi connectivity index (χ1) is 33.1. The van der Waals surface area contributed by atoms with E-state index in [0.717, 1.165) is 107 Å². The second-order valence-corrected chi connectivity index (χ2v) is 16.6. The Balaban J connectivity index is 0.904. The van der Waals surface area contributed by atoms with Gasteiger partial charge in [-0.05, 0) is 132 Å². The van der Waals surface area contributed by atoms with Gasteiger partial charge in [-0.3, -0.25) is 14.6 Å². The fourth-order valence-corrected chi connectivity index (χ4v) is 9.46. The van der Waals surface area contributed by atoms with Gasteiger partial charge in [-0.25, -0.2) is 9.97 Å². The molecule has 0 atom stereocenters. The number of pyridine rings is 2. The van der Waals surface area contributed by atoms with Gasteiger partial charge in [0.2, 0.25) is 0 Å². The van der Waals surface area contributed by atoms with Crippen LogP contribution in [0.2, 0.25) is 0 Å². The Hall–Kier alpha value is -9.27. The maximum atomic E-state index is 13.4. The van der Waals surface area contributed by atoms with Gasteiger partial charge >= 0.3 is 0 Å². The fourth-order valence-electron chi connectivity index (χ4n) is 9.46. The van der Waals surface area contributed by atoms with Crippen LogP contribution < -0.4 is 19.3 Å². The Morgan fingerprint density at radius 3 is 1.18 bits per heavy atom. The number of ether oxygens (including phenoxy) is 2. The standard InChI is InChI=1S/C59H37N5O3/c65-59(38-12-2-1-3-13-38)39-22-28-44(29-23-39)62-47-30-24-40(42-26-32-57(60-36-42)63-49-14-4-8-18-53(49)66-54-19-9-5-15-50(54)63)34-45(47)46-35-41(25-31-48(46)62)43-27-33-58(61-37-43)64-51-16-6-10-20-55(51)67-56-21-11-7-17-52(56)64/h1-37H. The summed E-state index contributed by atoms with van der Waals surface area (Å²) in [4.78, 5) is 27.8. The molecule has 0 N–H and O–H groups in total. The van der Waals surface area contributed by atoms with Gasteiger partial charge in [-0.1, -0.05) is 91.0 Å². The molecule has 0 aliphatic carbocycles. The van der Waals surface area contributed by atoms with E-state index in [-0.39, 0.29) is 5.78 Å². The van der Waals surface area contributed by atoms with Crippen LogP contribution in [0.5, 0.6) is 23.0 Å². The van der Waals surface area contributed by atoms with Gasteiger partial charge in [0.05, 0.1) is 33.8 Å². The van der Waals surface area contributed by atoms with Crippen molar-refractivity contribution >= 4 is 62.0 Å². The number of benzene rings is 8. The Labute approximate surface area is 385 Å². The summed E-state index contributed by atoms with van der Waals surface area (Å²) in [6.45, 7) is 0. The monoisotopic (exact) mass is 863 g/mol. The van der Waals surface area contributed by atoms with Crippen molar-refractivity contribution in [2.24, 2.45) is 0 Å². The van der Waals surface area contributed by atoms with Crippen molar-refractivity contribution < 1.29 is 14.3 Å². The highest BCUT2D eigenvalue weighted by Gasteiger charge is 2.28. The predicted octanol–water partition coefficient (Wildman–Crippen LogP) is 15.3. The second-order valence-electron chi connectivity index (χ2n) is 16.6. The molecule has 13 rings (SSSR count). The fraction of sp³-hybridized carbons (Fsp3) is 0. The number of nitrogens with zero attached hydrogens (tertiary/aromatic N) is 5. The molecule has 67 heavy (non-hydrogen) atoms. The molecule has 8 heteroatoms. The lowest BCUT2D eigenvalue weighted by Crippen LogP contribution is -2.16. The molecule has 2 aliphatic heterocycles. The Morgan fingerprint density at radius 1 is 0.373 bits per heavy atom. The molecule has 3 aromatic heterocycles. The molecular weight excluding hydrogens is 827 g/mol. The van der Waals surface area contributed by atoms with Crippen LogP contribution in [0.4, 0.5) is 34.4 Å². The molecule has 0 amide bonds. The Morgan fingerprint density at radius 2 is 0.761 bits per heavy atom. The van der Waals surface area contributed by atoms with Crippen LogP contribution in [0, 0.1) is 0 Å². The number of rotatable bonds is 7. The van der Waals surface area contributed by atoms with Gasteiger partial charge in [-0.15, -0.1) is 0 Å². The van der Waals surface area contributed by atoms with Gasteiger partial charge in [-0.2, -0.15) is 0 Å². The zero-order valence-electron chi connectivity index (χ0n) is 35.8. The van der Waals surface area contributed by atoms with E-state index < -0.39 is 0 Å². The van der Waals surface area contributed by atoms with Crippen molar-refractivity contribution in [3.05, 3.63) is 236 Å². The minimum Gasteiger partial charge on any atom is -0.453 e. The smallest absolute Gasteiger partial charge is 0.193 e. The van der Waals surface area contributed by atoms with Crippen molar-refractivity contribution in [2.45, 2.75) is 0 Å². The highest BCUT2D eigenvalue weighted by Crippen LogP contribution is 2.51. The van der Waals surface area contributed by atoms with Crippen molar-refractivity contribution in [2.75, 3.05) is 9.80 Å². The molecule has 0 spiro atoms. The van der Waals surface area contributed by atoms with E-state index in [1.807, 2.05) is 140 Å². The lowest BCUT2D eigenvalue weighted by molar-refractivity contribution is 0.103. The average molecular weight is 864 g/mol. The van der Waals surface area contributed by atoms with Gasteiger partial charge in [0.1, 0.15) is 11.6 Å². The minimum absolute atomic E-state index is 0.00742. The highest BCUT2D eigenvalue weighted by atomic mass is 16.5. The molecule has 0 unspecified atom stereocenters. The van der Waals surface area contributed by atoms with Crippen LogP contribution in [0.25, 0.3) is 49.7 Å². The highest BCUT2D eigenvalue weighted by molar-refractivity contribution is 6.12. The van der Waals surface area contributed by atoms with Gasteiger partial charge in [0.15, 0.2) is 28.8 Å². The van der Waals surface area contributed by atoms with Crippen LogP contribution in [0.3, 0.4) is 0 Å². The van der Waals surface area contributed by atoms with Gasteiger partial charge in [0.25, 0.3) is 0 Å². The Bertz CT molecular complexity index is 3430. The number of carbonyl (C=O) groups is 1. The lowest BCUT2D eigenvalue weighted by Gasteiger charge is -2.31. The van der Waals surface area contributed by atoms with Crippen LogP contribution in [0.1, 0.15) is 15.9 Å². The molecular formula is C59H37N5O3. The first-order valence-electron chi connectivity index (χ1n) is 22.2. The van der Waals surface area contributed by atoms with Crippen molar-refractivity contribution in [1.82, 2.24) is 14.5 Å². The molecule has 8 nitrogen and oxygen atoms in total. The third-order valence-electron chi connectivity index (χ3n) is 12.7. The second kappa shape index (κ2) is 15.5. The van der Waals surface area contributed by atoms with Crippen molar-refractivity contribution in [3.63, 3.8) is 0 Å². The molecule has 0 saturated heterocycles. The van der Waals surface area contributed by atoms with E-state index in [1.54, 1.807) is 0 Å². The molecule has 11 aromatic rings. The number of ketones is 1. The first kappa shape index (κ1) is 38.2. The minimum atomic E-state index is -0.00742. The summed E-state index contributed by atoms with van der Waals surface area (Å²) >= 11 is 0. The number of aromatic nitrogens is 3. The predicted molar refractivity (Wildman–Crippen MR) is 267 cm³/mol. The zero-order chi connectivity index (χ0) is 44.4. The summed E-state index contributed by atoms with van der Waals surface area (Å²) in [5, 5.41) is 2.18. The van der Waals surface area contributed by atoms with E-state index in [0.29, 0.717) is 11.1 Å². The third kappa shape index (κ3) is 6.42. The topological polar surface area (TPSA) is 72.7 Å². The summed E-state index contributed by atoms with van der Waals surface area (Å²) in [5.41, 5.74) is 12.2. The number of fused-ring (bicyclic) bond motifs is 7. The number of anilines is 6. The number of carbonyl (C=O) groups excluding carboxylic acids is 1. The maximum Gasteiger partial charge on any atom is 0.193 e. The molecule has 316 valence electrons. The Kier molecular flexibility index (Phi) is 8.82. The van der Waals surface area contributed by atoms with E-state index in [1.165, 1.54) is 0 Å². The average Bonchev–Trinajstić information content (AvgIpc) is 3.72. The quantitative estimate of drug-likeness (QED) is 0.148. The van der Waals surface area contributed by atoms with Crippen LogP contribution >= 0.6 is 0 Å². The lowest BCUT2D eigenvalue weighted by atomic mass is 10.0. The van der Waals surface area contributed by atoms with E-state index >= 15 is 0 Å². The SMILES string of the molecule is O=C(c1ccccc1)c1ccc(-n2c3ccc(-c4ccc(N5c6ccccc6Oc6ccccc65)nc4)cc3c3cc(-c4ccc(N5c6ccccc6Oc6ccccc65)nc4)ccc32)cc1. The molecule has 0 fully saturated rings.